The third-order valence-corrected chi connectivity index (χ3v) is 5.74. The average molecular weight is 386 g/mol. The Hall–Kier alpha value is -1.69. The Morgan fingerprint density at radius 2 is 1.64 bits per heavy atom. The van der Waals surface area contributed by atoms with Crippen molar-refractivity contribution >= 4 is 5.78 Å². The maximum Gasteiger partial charge on any atom is 0.162 e. The summed E-state index contributed by atoms with van der Waals surface area (Å²) in [5.41, 5.74) is 3.52. The number of piperazine rings is 1. The number of nitrogens with one attached hydrogen (secondary N) is 1. The molecule has 1 saturated heterocycles. The molecule has 0 saturated carbocycles. The molecule has 1 aliphatic heterocycles. The minimum absolute atomic E-state index is 0.0321. The molecule has 0 radical (unpaired) electrons. The van der Waals surface area contributed by atoms with Gasteiger partial charge < -0.3 is 10.1 Å². The van der Waals surface area contributed by atoms with Crippen LogP contribution >= 0.6 is 0 Å². The van der Waals surface area contributed by atoms with E-state index in [-0.39, 0.29) is 5.41 Å². The first-order valence-electron chi connectivity index (χ1n) is 10.4. The number of hydrogen-bond donors (Lipinski definition) is 1. The van der Waals surface area contributed by atoms with E-state index in [1.54, 1.807) is 7.11 Å². The number of Topliss-reactive ketones (excluding diaryl/α,β-unsaturated/α-hetero) is 1. The Labute approximate surface area is 169 Å². The fourth-order valence-corrected chi connectivity index (χ4v) is 4.18. The summed E-state index contributed by atoms with van der Waals surface area (Å²) in [5.74, 6) is 0.308. The number of ether oxygens (including phenoxy) is 1. The van der Waals surface area contributed by atoms with Crippen molar-refractivity contribution in [3.63, 3.8) is 0 Å². The zero-order valence-corrected chi connectivity index (χ0v) is 17.7. The molecule has 0 atom stereocenters. The van der Waals surface area contributed by atoms with Crippen molar-refractivity contribution in [3.05, 3.63) is 47.2 Å². The third-order valence-electron chi connectivity index (χ3n) is 5.74. The largest absolute Gasteiger partial charge is 0.386 e. The molecule has 2 aliphatic rings. The van der Waals surface area contributed by atoms with E-state index in [0.717, 1.165) is 63.5 Å². The summed E-state index contributed by atoms with van der Waals surface area (Å²) in [6.45, 7) is 11.7. The van der Waals surface area contributed by atoms with Crippen molar-refractivity contribution in [2.45, 2.75) is 33.2 Å². The van der Waals surface area contributed by atoms with Crippen molar-refractivity contribution in [2.75, 3.05) is 53.0 Å². The molecule has 0 aromatic heterocycles. The van der Waals surface area contributed by atoms with Crippen LogP contribution in [-0.2, 0) is 16.1 Å². The summed E-state index contributed by atoms with van der Waals surface area (Å²) < 4.78 is 5.17. The lowest BCUT2D eigenvalue weighted by molar-refractivity contribution is -0.118. The minimum Gasteiger partial charge on any atom is -0.386 e. The first kappa shape index (κ1) is 21.0. The predicted octanol–water partition coefficient (Wildman–Crippen LogP) is 2.68. The second-order valence-electron chi connectivity index (χ2n) is 8.86. The molecule has 154 valence electrons. The van der Waals surface area contributed by atoms with Gasteiger partial charge in [-0.15, -0.1) is 0 Å². The maximum atomic E-state index is 12.9. The van der Waals surface area contributed by atoms with E-state index in [0.29, 0.717) is 18.8 Å². The van der Waals surface area contributed by atoms with E-state index in [1.165, 1.54) is 5.56 Å². The van der Waals surface area contributed by atoms with Crippen LogP contribution in [0.25, 0.3) is 0 Å². The predicted molar refractivity (Wildman–Crippen MR) is 113 cm³/mol. The number of carbonyl (C=O) groups excluding carboxylic acids is 1. The summed E-state index contributed by atoms with van der Waals surface area (Å²) in [5, 5.41) is 3.49. The number of nitrogens with zero attached hydrogens (tertiary/aromatic N) is 2. The van der Waals surface area contributed by atoms with E-state index < -0.39 is 0 Å². The Balaban J connectivity index is 1.58. The summed E-state index contributed by atoms with van der Waals surface area (Å²) in [7, 11) is 1.71. The van der Waals surface area contributed by atoms with Gasteiger partial charge in [0.2, 0.25) is 0 Å². The SMILES string of the molecule is COCCNC1=C(CN2CCN(Cc3ccccc3)CC2)C(=O)CC(C)(C)C1. The molecular weight excluding hydrogens is 350 g/mol. The van der Waals surface area contributed by atoms with E-state index in [9.17, 15) is 4.79 Å². The van der Waals surface area contributed by atoms with Gasteiger partial charge in [-0.25, -0.2) is 0 Å². The first-order valence-corrected chi connectivity index (χ1v) is 10.4. The molecule has 0 bridgehead atoms. The van der Waals surface area contributed by atoms with Crippen molar-refractivity contribution in [3.8, 4) is 0 Å². The zero-order valence-electron chi connectivity index (χ0n) is 17.7. The van der Waals surface area contributed by atoms with Gasteiger partial charge in [0, 0.05) is 70.6 Å². The lowest BCUT2D eigenvalue weighted by Gasteiger charge is -2.38. The molecule has 28 heavy (non-hydrogen) atoms. The van der Waals surface area contributed by atoms with Gasteiger partial charge in [-0.05, 0) is 17.4 Å². The van der Waals surface area contributed by atoms with Crippen LogP contribution in [0.15, 0.2) is 41.6 Å². The van der Waals surface area contributed by atoms with Crippen molar-refractivity contribution in [1.82, 2.24) is 15.1 Å². The number of carbonyl (C=O) groups is 1. The highest BCUT2D eigenvalue weighted by atomic mass is 16.5. The Kier molecular flexibility index (Phi) is 7.27. The van der Waals surface area contributed by atoms with Gasteiger partial charge in [-0.2, -0.15) is 0 Å². The number of ketones is 1. The Morgan fingerprint density at radius 1 is 1.00 bits per heavy atom. The maximum absolute atomic E-state index is 12.9. The molecule has 1 aliphatic carbocycles. The third kappa shape index (κ3) is 5.90. The van der Waals surface area contributed by atoms with Gasteiger partial charge in [0.05, 0.1) is 6.61 Å². The molecule has 1 N–H and O–H groups in total. The van der Waals surface area contributed by atoms with E-state index in [1.807, 2.05) is 0 Å². The highest BCUT2D eigenvalue weighted by Gasteiger charge is 2.33. The summed E-state index contributed by atoms with van der Waals surface area (Å²) in [6.07, 6.45) is 1.58. The van der Waals surface area contributed by atoms with Crippen LogP contribution in [0.5, 0.6) is 0 Å². The smallest absolute Gasteiger partial charge is 0.162 e. The summed E-state index contributed by atoms with van der Waals surface area (Å²) >= 11 is 0. The highest BCUT2D eigenvalue weighted by molar-refractivity contribution is 5.97. The van der Waals surface area contributed by atoms with Crippen molar-refractivity contribution in [1.29, 1.82) is 0 Å². The van der Waals surface area contributed by atoms with E-state index >= 15 is 0 Å². The van der Waals surface area contributed by atoms with Crippen LogP contribution in [0.3, 0.4) is 0 Å². The van der Waals surface area contributed by atoms with Crippen molar-refractivity contribution in [2.24, 2.45) is 5.41 Å². The van der Waals surface area contributed by atoms with E-state index in [4.69, 9.17) is 4.74 Å². The zero-order chi connectivity index (χ0) is 20.0. The normalized spacial score (nSPS) is 21.2. The van der Waals surface area contributed by atoms with Crippen LogP contribution in [0.4, 0.5) is 0 Å². The topological polar surface area (TPSA) is 44.8 Å². The van der Waals surface area contributed by atoms with Gasteiger partial charge in [0.1, 0.15) is 0 Å². The number of allylic oxidation sites excluding steroid dienone is 1. The van der Waals surface area contributed by atoms with Crippen LogP contribution in [-0.4, -0.2) is 68.6 Å². The minimum atomic E-state index is 0.0321. The molecule has 3 rings (SSSR count). The molecule has 0 unspecified atom stereocenters. The van der Waals surface area contributed by atoms with Gasteiger partial charge in [-0.1, -0.05) is 44.2 Å². The standard InChI is InChI=1S/C23H35N3O2/c1-23(2)15-21(24-9-14-28-3)20(22(27)16-23)18-26-12-10-25(11-13-26)17-19-7-5-4-6-8-19/h4-8,24H,9-18H2,1-3H3. The lowest BCUT2D eigenvalue weighted by Crippen LogP contribution is -2.47. The fourth-order valence-electron chi connectivity index (χ4n) is 4.18. The molecule has 1 aromatic carbocycles. The Bertz CT molecular complexity index is 676. The fraction of sp³-hybridized carbons (Fsp3) is 0.609. The number of hydrogen-bond acceptors (Lipinski definition) is 5. The Morgan fingerprint density at radius 3 is 2.29 bits per heavy atom. The second kappa shape index (κ2) is 9.68. The highest BCUT2D eigenvalue weighted by Crippen LogP contribution is 2.36. The van der Waals surface area contributed by atoms with Gasteiger partial charge in [0.25, 0.3) is 0 Å². The van der Waals surface area contributed by atoms with Crippen LogP contribution in [0.1, 0.15) is 32.3 Å². The van der Waals surface area contributed by atoms with Crippen LogP contribution in [0, 0.1) is 5.41 Å². The molecule has 0 amide bonds. The van der Waals surface area contributed by atoms with Gasteiger partial charge in [0.15, 0.2) is 5.78 Å². The van der Waals surface area contributed by atoms with Gasteiger partial charge >= 0.3 is 0 Å². The molecule has 1 fully saturated rings. The summed E-state index contributed by atoms with van der Waals surface area (Å²) in [6, 6.07) is 10.7. The second-order valence-corrected chi connectivity index (χ2v) is 8.86. The van der Waals surface area contributed by atoms with Gasteiger partial charge in [-0.3, -0.25) is 14.6 Å². The summed E-state index contributed by atoms with van der Waals surface area (Å²) in [4.78, 5) is 17.8. The molecule has 1 aromatic rings. The first-order chi connectivity index (χ1) is 13.5. The molecular formula is C23H35N3O2. The quantitative estimate of drug-likeness (QED) is 0.697. The molecule has 5 nitrogen and oxygen atoms in total. The van der Waals surface area contributed by atoms with Crippen LogP contribution < -0.4 is 5.32 Å². The monoisotopic (exact) mass is 385 g/mol. The van der Waals surface area contributed by atoms with Crippen LogP contribution in [0.2, 0.25) is 0 Å². The molecule has 0 spiro atoms. The number of benzene rings is 1. The lowest BCUT2D eigenvalue weighted by atomic mass is 9.75. The number of rotatable bonds is 8. The molecule has 1 heterocycles. The van der Waals surface area contributed by atoms with E-state index in [2.05, 4.69) is 59.3 Å². The average Bonchev–Trinajstić information content (AvgIpc) is 2.66. The number of methoxy groups -OCH3 is 1. The molecule has 5 heteroatoms. The van der Waals surface area contributed by atoms with Crippen molar-refractivity contribution < 1.29 is 9.53 Å².